The van der Waals surface area contributed by atoms with Gasteiger partial charge in [0.2, 0.25) is 5.91 Å². The lowest BCUT2D eigenvalue weighted by molar-refractivity contribution is -0.130. The predicted molar refractivity (Wildman–Crippen MR) is 86.8 cm³/mol. The second-order valence-corrected chi connectivity index (χ2v) is 7.53. The van der Waals surface area contributed by atoms with Crippen molar-refractivity contribution < 1.29 is 9.53 Å². The van der Waals surface area contributed by atoms with Crippen LogP contribution in [0.3, 0.4) is 0 Å². The van der Waals surface area contributed by atoms with Gasteiger partial charge in [-0.1, -0.05) is 25.7 Å². The summed E-state index contributed by atoms with van der Waals surface area (Å²) in [6, 6.07) is 0.345. The van der Waals surface area contributed by atoms with Crippen molar-refractivity contribution in [2.45, 2.75) is 64.1 Å². The first-order valence-corrected chi connectivity index (χ1v) is 9.12. The van der Waals surface area contributed by atoms with Gasteiger partial charge in [-0.3, -0.25) is 9.48 Å². The number of carbonyl (C=O) groups excluding carboxylic acids is 1. The fourth-order valence-corrected chi connectivity index (χ4v) is 4.92. The summed E-state index contributed by atoms with van der Waals surface area (Å²) in [5, 5.41) is 7.58. The van der Waals surface area contributed by atoms with Gasteiger partial charge in [-0.25, -0.2) is 0 Å². The quantitative estimate of drug-likeness (QED) is 0.906. The molecule has 1 saturated heterocycles. The molecule has 4 atom stereocenters. The van der Waals surface area contributed by atoms with Crippen LogP contribution in [0.4, 0.5) is 0 Å². The molecule has 1 aromatic rings. The predicted octanol–water partition coefficient (Wildman–Crippen LogP) is 2.29. The van der Waals surface area contributed by atoms with Gasteiger partial charge in [0, 0.05) is 43.6 Å². The molecular formula is C18H27N3O2. The van der Waals surface area contributed by atoms with Gasteiger partial charge in [0.15, 0.2) is 0 Å². The van der Waals surface area contributed by atoms with E-state index in [9.17, 15) is 4.79 Å². The third-order valence-electron chi connectivity index (χ3n) is 6.04. The van der Waals surface area contributed by atoms with Crippen LogP contribution in [-0.2, 0) is 16.1 Å². The van der Waals surface area contributed by atoms with Crippen molar-refractivity contribution in [1.82, 2.24) is 15.1 Å². The van der Waals surface area contributed by atoms with Crippen LogP contribution in [0.5, 0.6) is 0 Å². The van der Waals surface area contributed by atoms with Crippen molar-refractivity contribution in [2.24, 2.45) is 17.8 Å². The van der Waals surface area contributed by atoms with Gasteiger partial charge < -0.3 is 10.1 Å². The molecule has 4 rings (SSSR count). The summed E-state index contributed by atoms with van der Waals surface area (Å²) < 4.78 is 7.81. The fourth-order valence-electron chi connectivity index (χ4n) is 4.92. The number of aryl methyl sites for hydroxylation is 2. The van der Waals surface area contributed by atoms with Gasteiger partial charge in [-0.15, -0.1) is 0 Å². The Balaban J connectivity index is 1.33. The second kappa shape index (κ2) is 6.27. The van der Waals surface area contributed by atoms with Crippen LogP contribution in [0, 0.1) is 24.7 Å². The summed E-state index contributed by atoms with van der Waals surface area (Å²) >= 11 is 0. The van der Waals surface area contributed by atoms with Crippen LogP contribution < -0.4 is 5.32 Å². The Kier molecular flexibility index (Phi) is 4.14. The van der Waals surface area contributed by atoms with Crippen LogP contribution in [0.15, 0.2) is 12.4 Å². The van der Waals surface area contributed by atoms with Crippen molar-refractivity contribution >= 4 is 5.91 Å². The molecule has 1 aromatic heterocycles. The Bertz CT molecular complexity index is 560. The van der Waals surface area contributed by atoms with E-state index in [1.807, 2.05) is 24.0 Å². The first-order valence-electron chi connectivity index (χ1n) is 9.12. The van der Waals surface area contributed by atoms with E-state index in [1.165, 1.54) is 25.7 Å². The number of rotatable bonds is 5. The number of ether oxygens (including phenoxy) is 1. The molecule has 0 aromatic carbocycles. The van der Waals surface area contributed by atoms with Crippen LogP contribution in [0.2, 0.25) is 0 Å². The highest BCUT2D eigenvalue weighted by molar-refractivity contribution is 5.76. The van der Waals surface area contributed by atoms with Crippen molar-refractivity contribution in [2.75, 3.05) is 6.61 Å². The number of nitrogens with one attached hydrogen (secondary N) is 1. The molecule has 5 heteroatoms. The van der Waals surface area contributed by atoms with Crippen molar-refractivity contribution in [1.29, 1.82) is 0 Å². The Hall–Kier alpha value is -1.36. The Morgan fingerprint density at radius 1 is 1.39 bits per heavy atom. The molecule has 2 saturated carbocycles. The average molecular weight is 317 g/mol. The van der Waals surface area contributed by atoms with E-state index in [1.54, 1.807) is 0 Å². The summed E-state index contributed by atoms with van der Waals surface area (Å²) in [6.07, 6.45) is 11.2. The summed E-state index contributed by atoms with van der Waals surface area (Å²) in [7, 11) is 0. The maximum absolute atomic E-state index is 12.4. The van der Waals surface area contributed by atoms with Gasteiger partial charge in [0.1, 0.15) is 0 Å². The van der Waals surface area contributed by atoms with Crippen LogP contribution in [0.1, 0.15) is 44.1 Å². The molecule has 3 fully saturated rings. The molecule has 0 radical (unpaired) electrons. The minimum Gasteiger partial charge on any atom is -0.377 e. The van der Waals surface area contributed by atoms with Gasteiger partial charge in [-0.05, 0) is 24.8 Å². The highest BCUT2D eigenvalue weighted by Crippen LogP contribution is 2.51. The molecule has 1 N–H and O–H groups in total. The topological polar surface area (TPSA) is 56.2 Å². The molecule has 0 spiro atoms. The molecule has 5 nitrogen and oxygen atoms in total. The van der Waals surface area contributed by atoms with Crippen molar-refractivity contribution in [3.8, 4) is 0 Å². The van der Waals surface area contributed by atoms with E-state index in [-0.39, 0.29) is 5.91 Å². The molecule has 0 unspecified atom stereocenters. The molecule has 3 aliphatic rings. The number of aromatic nitrogens is 2. The molecule has 2 aliphatic carbocycles. The third-order valence-corrected chi connectivity index (χ3v) is 6.04. The molecular weight excluding hydrogens is 290 g/mol. The number of hydrogen-bond donors (Lipinski definition) is 1. The zero-order valence-corrected chi connectivity index (χ0v) is 13.9. The first-order chi connectivity index (χ1) is 11.2. The highest BCUT2D eigenvalue weighted by atomic mass is 16.5. The molecule has 1 amide bonds. The van der Waals surface area contributed by atoms with Crippen LogP contribution in [0.25, 0.3) is 0 Å². The Morgan fingerprint density at radius 2 is 2.22 bits per heavy atom. The van der Waals surface area contributed by atoms with Gasteiger partial charge in [0.25, 0.3) is 0 Å². The van der Waals surface area contributed by atoms with E-state index >= 15 is 0 Å². The lowest BCUT2D eigenvalue weighted by Gasteiger charge is -2.50. The second-order valence-electron chi connectivity index (χ2n) is 7.53. The van der Waals surface area contributed by atoms with E-state index in [2.05, 4.69) is 10.4 Å². The maximum atomic E-state index is 12.4. The highest BCUT2D eigenvalue weighted by Gasteiger charge is 2.56. The zero-order chi connectivity index (χ0) is 15.8. The smallest absolute Gasteiger partial charge is 0.222 e. The molecule has 2 heterocycles. The Morgan fingerprint density at radius 3 is 2.96 bits per heavy atom. The number of amides is 1. The van der Waals surface area contributed by atoms with Gasteiger partial charge >= 0.3 is 0 Å². The zero-order valence-electron chi connectivity index (χ0n) is 13.9. The lowest BCUT2D eigenvalue weighted by atomic mass is 9.61. The number of nitrogens with zero attached hydrogens (tertiary/aromatic N) is 2. The van der Waals surface area contributed by atoms with E-state index in [0.717, 1.165) is 24.5 Å². The lowest BCUT2D eigenvalue weighted by Crippen LogP contribution is -2.63. The van der Waals surface area contributed by atoms with Crippen molar-refractivity contribution in [3.05, 3.63) is 18.0 Å². The van der Waals surface area contributed by atoms with Crippen molar-refractivity contribution in [3.63, 3.8) is 0 Å². The molecule has 1 aliphatic heterocycles. The Labute approximate surface area is 137 Å². The fraction of sp³-hybridized carbons (Fsp3) is 0.778. The first kappa shape index (κ1) is 15.2. The third kappa shape index (κ3) is 2.91. The summed E-state index contributed by atoms with van der Waals surface area (Å²) in [6.45, 7) is 3.55. The summed E-state index contributed by atoms with van der Waals surface area (Å²) in [5.74, 6) is 2.03. The SMILES string of the molecule is Cc1cnn(CCC(=O)N[C@@H]2[C@@H]3CCO[C@@H]3[C@@H]2C2CCCC2)c1. The largest absolute Gasteiger partial charge is 0.377 e. The monoisotopic (exact) mass is 317 g/mol. The molecule has 126 valence electrons. The number of carbonyl (C=O) groups is 1. The minimum absolute atomic E-state index is 0.163. The summed E-state index contributed by atoms with van der Waals surface area (Å²) in [5.41, 5.74) is 1.14. The van der Waals surface area contributed by atoms with Gasteiger partial charge in [0.05, 0.1) is 12.3 Å². The number of hydrogen-bond acceptors (Lipinski definition) is 3. The van der Waals surface area contributed by atoms with Crippen LogP contribution in [-0.4, -0.2) is 34.4 Å². The van der Waals surface area contributed by atoms with E-state index in [4.69, 9.17) is 4.74 Å². The van der Waals surface area contributed by atoms with E-state index in [0.29, 0.717) is 36.9 Å². The summed E-state index contributed by atoms with van der Waals surface area (Å²) in [4.78, 5) is 12.4. The molecule has 23 heavy (non-hydrogen) atoms. The van der Waals surface area contributed by atoms with Gasteiger partial charge in [-0.2, -0.15) is 5.10 Å². The van der Waals surface area contributed by atoms with Crippen LogP contribution >= 0.6 is 0 Å². The van der Waals surface area contributed by atoms with E-state index < -0.39 is 0 Å². The number of fused-ring (bicyclic) bond motifs is 1. The molecule has 0 bridgehead atoms. The average Bonchev–Trinajstić information content (AvgIpc) is 3.25. The maximum Gasteiger partial charge on any atom is 0.222 e. The standard InChI is InChI=1S/C18H27N3O2/c1-12-10-19-21(11-12)8-6-15(22)20-17-14-7-9-23-18(14)16(17)13-4-2-3-5-13/h10-11,13-14,16-18H,2-9H2,1H3,(H,20,22)/t14-,16+,17+,18-/m0/s1. The normalized spacial score (nSPS) is 33.4. The minimum atomic E-state index is 0.163.